The molecule has 0 aliphatic carbocycles. The Labute approximate surface area is 45.9 Å². The van der Waals surface area contributed by atoms with E-state index in [9.17, 15) is 0 Å². The molecule has 0 aliphatic rings. The molecule has 1 aromatic rings. The Bertz CT molecular complexity index is 126. The molecule has 0 radical (unpaired) electrons. The highest BCUT2D eigenvalue weighted by Gasteiger charge is 1.86. The first-order valence-electron chi connectivity index (χ1n) is 1.87. The van der Waals surface area contributed by atoms with Gasteiger partial charge >= 0.3 is 0 Å². The van der Waals surface area contributed by atoms with Gasteiger partial charge in [0.05, 0.1) is 11.1 Å². The summed E-state index contributed by atoms with van der Waals surface area (Å²) in [6, 6.07) is 0. The molecule has 0 bridgehead atoms. The second-order valence-electron chi connectivity index (χ2n) is 1.06. The Morgan fingerprint density at radius 1 is 1.86 bits per heavy atom. The Kier molecular flexibility index (Phi) is 1.36. The van der Waals surface area contributed by atoms with Crippen molar-refractivity contribution in [2.45, 2.75) is 4.90 Å². The molecule has 3 heteroatoms. The molecule has 7 heavy (non-hydrogen) atoms. The lowest BCUT2D eigenvalue weighted by atomic mass is 10.8. The SMILES string of the molecule is CSc1cnoc1. The summed E-state index contributed by atoms with van der Waals surface area (Å²) >= 11 is 1.62. The molecule has 0 aliphatic heterocycles. The molecule has 0 fully saturated rings. The van der Waals surface area contributed by atoms with Crippen molar-refractivity contribution in [2.24, 2.45) is 0 Å². The Hall–Kier alpha value is -0.440. The quantitative estimate of drug-likeness (QED) is 0.517. The Morgan fingerprint density at radius 3 is 3.00 bits per heavy atom. The van der Waals surface area contributed by atoms with Gasteiger partial charge in [-0.25, -0.2) is 0 Å². The number of aromatic nitrogens is 1. The highest BCUT2D eigenvalue weighted by Crippen LogP contribution is 2.10. The van der Waals surface area contributed by atoms with Crippen molar-refractivity contribution in [3.05, 3.63) is 12.5 Å². The predicted octanol–water partition coefficient (Wildman–Crippen LogP) is 1.40. The maximum absolute atomic E-state index is 4.53. The fourth-order valence-corrected chi connectivity index (χ4v) is 0.584. The van der Waals surface area contributed by atoms with Crippen LogP contribution in [-0.2, 0) is 0 Å². The number of hydrogen-bond donors (Lipinski definition) is 0. The molecule has 0 aromatic carbocycles. The van der Waals surface area contributed by atoms with Crippen LogP contribution < -0.4 is 0 Å². The van der Waals surface area contributed by atoms with Gasteiger partial charge < -0.3 is 4.52 Å². The van der Waals surface area contributed by atoms with Crippen LogP contribution in [0.3, 0.4) is 0 Å². The van der Waals surface area contributed by atoms with Gasteiger partial charge in [-0.05, 0) is 6.26 Å². The first-order chi connectivity index (χ1) is 3.43. The first kappa shape index (κ1) is 4.71. The van der Waals surface area contributed by atoms with Crippen LogP contribution in [0.25, 0.3) is 0 Å². The average Bonchev–Trinajstić information content (AvgIpc) is 2.14. The van der Waals surface area contributed by atoms with E-state index in [0.29, 0.717) is 0 Å². The minimum absolute atomic E-state index is 1.07. The first-order valence-corrected chi connectivity index (χ1v) is 3.09. The molecule has 1 rings (SSSR count). The van der Waals surface area contributed by atoms with Gasteiger partial charge in [0.2, 0.25) is 0 Å². The fourth-order valence-electron chi connectivity index (χ4n) is 0.296. The van der Waals surface area contributed by atoms with Crippen LogP contribution in [-0.4, -0.2) is 11.4 Å². The van der Waals surface area contributed by atoms with Crippen molar-refractivity contribution in [1.82, 2.24) is 5.16 Å². The summed E-state index contributed by atoms with van der Waals surface area (Å²) in [6.45, 7) is 0. The van der Waals surface area contributed by atoms with Gasteiger partial charge in [0.1, 0.15) is 6.26 Å². The minimum Gasteiger partial charge on any atom is -0.364 e. The van der Waals surface area contributed by atoms with Crippen LogP contribution in [0.15, 0.2) is 21.9 Å². The molecule has 1 aromatic heterocycles. The van der Waals surface area contributed by atoms with Gasteiger partial charge in [0.15, 0.2) is 0 Å². The van der Waals surface area contributed by atoms with Crippen LogP contribution in [0.2, 0.25) is 0 Å². The third kappa shape index (κ3) is 0.962. The van der Waals surface area contributed by atoms with Crippen LogP contribution in [0.1, 0.15) is 0 Å². The molecule has 0 atom stereocenters. The highest BCUT2D eigenvalue weighted by molar-refractivity contribution is 7.98. The van der Waals surface area contributed by atoms with Crippen molar-refractivity contribution in [3.63, 3.8) is 0 Å². The third-order valence-electron chi connectivity index (χ3n) is 0.645. The summed E-state index contributed by atoms with van der Waals surface area (Å²) < 4.78 is 4.53. The maximum Gasteiger partial charge on any atom is 0.137 e. The van der Waals surface area contributed by atoms with Crippen LogP contribution in [0.5, 0.6) is 0 Å². The van der Waals surface area contributed by atoms with Crippen molar-refractivity contribution >= 4 is 11.8 Å². The lowest BCUT2D eigenvalue weighted by Crippen LogP contribution is -1.52. The summed E-state index contributed by atoms with van der Waals surface area (Å²) in [5.41, 5.74) is 0. The van der Waals surface area contributed by atoms with Crippen molar-refractivity contribution < 1.29 is 4.52 Å². The average molecular weight is 115 g/mol. The maximum atomic E-state index is 4.53. The summed E-state index contributed by atoms with van der Waals surface area (Å²) in [7, 11) is 0. The third-order valence-corrected chi connectivity index (χ3v) is 1.32. The molecule has 2 nitrogen and oxygen atoms in total. The normalized spacial score (nSPS) is 9.29. The molecule has 0 saturated heterocycles. The van der Waals surface area contributed by atoms with Gasteiger partial charge in [0, 0.05) is 0 Å². The number of thioether (sulfide) groups is 1. The zero-order chi connectivity index (χ0) is 5.11. The zero-order valence-corrected chi connectivity index (χ0v) is 4.73. The second-order valence-corrected chi connectivity index (χ2v) is 1.94. The summed E-state index contributed by atoms with van der Waals surface area (Å²) in [5.74, 6) is 0. The number of hydrogen-bond acceptors (Lipinski definition) is 3. The lowest BCUT2D eigenvalue weighted by molar-refractivity contribution is 0.418. The summed E-state index contributed by atoms with van der Waals surface area (Å²) in [6.07, 6.45) is 5.28. The highest BCUT2D eigenvalue weighted by atomic mass is 32.2. The van der Waals surface area contributed by atoms with Crippen molar-refractivity contribution in [2.75, 3.05) is 6.26 Å². The summed E-state index contributed by atoms with van der Waals surface area (Å²) in [5, 5.41) is 3.50. The summed E-state index contributed by atoms with van der Waals surface area (Å²) in [4.78, 5) is 1.07. The molecule has 0 unspecified atom stereocenters. The number of rotatable bonds is 1. The van der Waals surface area contributed by atoms with Gasteiger partial charge in [-0.1, -0.05) is 5.16 Å². The predicted molar refractivity (Wildman–Crippen MR) is 28.3 cm³/mol. The van der Waals surface area contributed by atoms with Gasteiger partial charge in [-0.2, -0.15) is 0 Å². The van der Waals surface area contributed by atoms with E-state index in [1.165, 1.54) is 0 Å². The zero-order valence-electron chi connectivity index (χ0n) is 3.92. The second kappa shape index (κ2) is 2.02. The molecule has 0 saturated carbocycles. The van der Waals surface area contributed by atoms with E-state index in [1.54, 1.807) is 24.2 Å². The molecule has 38 valence electrons. The monoisotopic (exact) mass is 115 g/mol. The largest absolute Gasteiger partial charge is 0.364 e. The van der Waals surface area contributed by atoms with Gasteiger partial charge in [-0.15, -0.1) is 11.8 Å². The fraction of sp³-hybridized carbons (Fsp3) is 0.250. The number of nitrogens with zero attached hydrogens (tertiary/aromatic N) is 1. The molecule has 1 heterocycles. The molecular formula is C4H5NOS. The standard InChI is InChI=1S/C4H5NOS/c1-7-4-2-5-6-3-4/h2-3H,1H3. The van der Waals surface area contributed by atoms with Crippen molar-refractivity contribution in [1.29, 1.82) is 0 Å². The van der Waals surface area contributed by atoms with E-state index in [0.717, 1.165) is 4.90 Å². The molecule has 0 amide bonds. The Balaban J connectivity index is 2.76. The van der Waals surface area contributed by atoms with Gasteiger partial charge in [-0.3, -0.25) is 0 Å². The van der Waals surface area contributed by atoms with E-state index in [4.69, 9.17) is 0 Å². The molecule has 0 N–H and O–H groups in total. The minimum atomic E-state index is 1.07. The van der Waals surface area contributed by atoms with Crippen LogP contribution in [0, 0.1) is 0 Å². The lowest BCUT2D eigenvalue weighted by Gasteiger charge is -1.74. The van der Waals surface area contributed by atoms with Crippen molar-refractivity contribution in [3.8, 4) is 0 Å². The van der Waals surface area contributed by atoms with E-state index >= 15 is 0 Å². The smallest absolute Gasteiger partial charge is 0.137 e. The van der Waals surface area contributed by atoms with E-state index in [-0.39, 0.29) is 0 Å². The Morgan fingerprint density at radius 2 is 2.71 bits per heavy atom. The van der Waals surface area contributed by atoms with E-state index in [2.05, 4.69) is 9.68 Å². The topological polar surface area (TPSA) is 26.0 Å². The van der Waals surface area contributed by atoms with Crippen LogP contribution in [0.4, 0.5) is 0 Å². The van der Waals surface area contributed by atoms with E-state index in [1.807, 2.05) is 6.26 Å². The van der Waals surface area contributed by atoms with Crippen LogP contribution >= 0.6 is 11.8 Å². The van der Waals surface area contributed by atoms with E-state index < -0.39 is 0 Å². The van der Waals surface area contributed by atoms with Gasteiger partial charge in [0.25, 0.3) is 0 Å². The molecule has 0 spiro atoms. The molecular weight excluding hydrogens is 110 g/mol.